The molecule has 0 aliphatic carbocycles. The molecule has 0 saturated carbocycles. The van der Waals surface area contributed by atoms with E-state index in [1.165, 1.54) is 62.5 Å². The maximum Gasteiger partial charge on any atom is 0.416 e. The predicted octanol–water partition coefficient (Wildman–Crippen LogP) is 6.27. The van der Waals surface area contributed by atoms with Gasteiger partial charge in [-0.1, -0.05) is 49.7 Å². The number of nitrogens with one attached hydrogen (secondary N) is 2. The maximum absolute atomic E-state index is 13.7. The van der Waals surface area contributed by atoms with E-state index < -0.39 is 39.4 Å². The number of rotatable bonds is 9. The van der Waals surface area contributed by atoms with Gasteiger partial charge < -0.3 is 15.1 Å². The molecule has 0 aliphatic heterocycles. The van der Waals surface area contributed by atoms with Gasteiger partial charge in [0.25, 0.3) is 5.91 Å². The first-order chi connectivity index (χ1) is 19.8. The molecule has 0 bridgehead atoms. The fourth-order valence-corrected chi connectivity index (χ4v) is 5.76. The van der Waals surface area contributed by atoms with Crippen molar-refractivity contribution in [3.05, 3.63) is 99.3 Å². The lowest BCUT2D eigenvalue weighted by atomic mass is 9.99. The highest BCUT2D eigenvalue weighted by molar-refractivity contribution is 7.91. The Morgan fingerprint density at radius 2 is 1.69 bits per heavy atom. The van der Waals surface area contributed by atoms with Crippen LogP contribution in [0.15, 0.2) is 70.0 Å². The van der Waals surface area contributed by atoms with Crippen LogP contribution >= 0.6 is 11.6 Å². The first-order valence-corrected chi connectivity index (χ1v) is 15.1. The summed E-state index contributed by atoms with van der Waals surface area (Å²) in [6, 6.07) is 12.8. The first kappa shape index (κ1) is 31.1. The van der Waals surface area contributed by atoms with Crippen molar-refractivity contribution in [2.75, 3.05) is 12.8 Å². The smallest absolute Gasteiger partial charge is 0.416 e. The van der Waals surface area contributed by atoms with E-state index in [9.17, 15) is 31.2 Å². The minimum atomic E-state index is -4.60. The summed E-state index contributed by atoms with van der Waals surface area (Å²) in [5.74, 6) is -0.874. The zero-order valence-electron chi connectivity index (χ0n) is 22.9. The number of likely N-dealkylation sites (N-methyl/N-ethyl adjacent to an activating group) is 1. The molecule has 0 radical (unpaired) electrons. The third-order valence-electron chi connectivity index (χ3n) is 6.96. The standard InChI is InChI=1S/C30H28ClF3N2O5S/c1-4-22-23-13-9-19(15-26(23)41-25(22)14-18-6-10-20(31)16-24(18)30(32,33)34)28(37)36-27(29(38)35-3)17-7-11-21(12-8-17)42(39,40)5-2/h6-13,15-16,27H,4-5,14H2,1-3H3,(H,35,38)(H,36,37)/t27-/m1/s1. The van der Waals surface area contributed by atoms with Crippen molar-refractivity contribution >= 4 is 44.2 Å². The molecule has 7 nitrogen and oxygen atoms in total. The summed E-state index contributed by atoms with van der Waals surface area (Å²) in [7, 11) is -2.04. The highest BCUT2D eigenvalue weighted by Gasteiger charge is 2.34. The molecule has 1 atom stereocenters. The molecular weight excluding hydrogens is 593 g/mol. The monoisotopic (exact) mass is 620 g/mol. The summed E-state index contributed by atoms with van der Waals surface area (Å²) in [5.41, 5.74) is 0.707. The van der Waals surface area contributed by atoms with Gasteiger partial charge in [-0.15, -0.1) is 0 Å². The van der Waals surface area contributed by atoms with Crippen molar-refractivity contribution in [3.8, 4) is 0 Å². The number of halogens is 4. The van der Waals surface area contributed by atoms with Gasteiger partial charge in [0.1, 0.15) is 17.4 Å². The zero-order chi connectivity index (χ0) is 30.8. The number of alkyl halides is 3. The van der Waals surface area contributed by atoms with Gasteiger partial charge in [0, 0.05) is 35.0 Å². The third-order valence-corrected chi connectivity index (χ3v) is 8.94. The summed E-state index contributed by atoms with van der Waals surface area (Å²) >= 11 is 5.82. The predicted molar refractivity (Wildman–Crippen MR) is 153 cm³/mol. The zero-order valence-corrected chi connectivity index (χ0v) is 24.5. The molecule has 2 amide bonds. The summed E-state index contributed by atoms with van der Waals surface area (Å²) in [4.78, 5) is 26.0. The summed E-state index contributed by atoms with van der Waals surface area (Å²) in [6.45, 7) is 3.38. The minimum Gasteiger partial charge on any atom is -0.460 e. The average Bonchev–Trinajstić information content (AvgIpc) is 3.31. The molecule has 12 heteroatoms. The van der Waals surface area contributed by atoms with Crippen LogP contribution in [-0.4, -0.2) is 33.0 Å². The van der Waals surface area contributed by atoms with Crippen molar-refractivity contribution in [1.29, 1.82) is 0 Å². The number of hydrogen-bond donors (Lipinski definition) is 2. The molecule has 4 aromatic rings. The Hall–Kier alpha value is -3.83. The second-order valence-corrected chi connectivity index (χ2v) is 12.3. The second kappa shape index (κ2) is 12.2. The van der Waals surface area contributed by atoms with Crippen molar-refractivity contribution in [2.45, 2.75) is 43.8 Å². The highest BCUT2D eigenvalue weighted by atomic mass is 35.5. The molecule has 0 spiro atoms. The van der Waals surface area contributed by atoms with E-state index in [4.69, 9.17) is 16.0 Å². The number of hydrogen-bond acceptors (Lipinski definition) is 5. The van der Waals surface area contributed by atoms with Gasteiger partial charge >= 0.3 is 6.18 Å². The van der Waals surface area contributed by atoms with Gasteiger partial charge in [-0.05, 0) is 53.9 Å². The highest BCUT2D eigenvalue weighted by Crippen LogP contribution is 2.36. The average molecular weight is 621 g/mol. The van der Waals surface area contributed by atoms with Crippen LogP contribution in [0.1, 0.15) is 58.3 Å². The molecule has 0 aliphatic rings. The van der Waals surface area contributed by atoms with Crippen molar-refractivity contribution in [2.24, 2.45) is 0 Å². The van der Waals surface area contributed by atoms with Gasteiger partial charge in [0.05, 0.1) is 16.2 Å². The molecular formula is C30H28ClF3N2O5S. The van der Waals surface area contributed by atoms with E-state index in [0.29, 0.717) is 34.3 Å². The molecule has 0 unspecified atom stereocenters. The van der Waals surface area contributed by atoms with Gasteiger partial charge in [0.2, 0.25) is 5.91 Å². The largest absolute Gasteiger partial charge is 0.460 e. The number of aryl methyl sites for hydroxylation is 1. The van der Waals surface area contributed by atoms with Crippen molar-refractivity contribution in [3.63, 3.8) is 0 Å². The van der Waals surface area contributed by atoms with E-state index >= 15 is 0 Å². The van der Waals surface area contributed by atoms with Crippen LogP contribution in [0.4, 0.5) is 13.2 Å². The van der Waals surface area contributed by atoms with Crippen LogP contribution in [0.3, 0.4) is 0 Å². The molecule has 0 fully saturated rings. The third kappa shape index (κ3) is 6.47. The Bertz CT molecular complexity index is 1750. The molecule has 0 saturated heterocycles. The number of fused-ring (bicyclic) bond motifs is 1. The number of sulfone groups is 1. The topological polar surface area (TPSA) is 105 Å². The van der Waals surface area contributed by atoms with E-state index in [0.717, 1.165) is 6.07 Å². The minimum absolute atomic E-state index is 0.00444. The van der Waals surface area contributed by atoms with E-state index in [1.54, 1.807) is 6.07 Å². The van der Waals surface area contributed by atoms with Gasteiger partial charge in [-0.25, -0.2) is 8.42 Å². The second-order valence-electron chi connectivity index (χ2n) is 9.54. The molecule has 4 rings (SSSR count). The van der Waals surface area contributed by atoms with Crippen LogP contribution < -0.4 is 10.6 Å². The molecule has 1 heterocycles. The number of amides is 2. The summed E-state index contributed by atoms with van der Waals surface area (Å²) in [5, 5.41) is 5.78. The molecule has 3 aromatic carbocycles. The molecule has 2 N–H and O–H groups in total. The van der Waals surface area contributed by atoms with Crippen molar-refractivity contribution < 1.29 is 35.6 Å². The number of carbonyl (C=O) groups excluding carboxylic acids is 2. The lowest BCUT2D eigenvalue weighted by molar-refractivity contribution is -0.138. The first-order valence-electron chi connectivity index (χ1n) is 13.0. The Morgan fingerprint density at radius 3 is 2.29 bits per heavy atom. The lowest BCUT2D eigenvalue weighted by Crippen LogP contribution is -2.39. The van der Waals surface area contributed by atoms with E-state index in [2.05, 4.69) is 10.6 Å². The van der Waals surface area contributed by atoms with Crippen LogP contribution in [-0.2, 0) is 33.6 Å². The molecule has 1 aromatic heterocycles. The van der Waals surface area contributed by atoms with E-state index in [1.807, 2.05) is 6.92 Å². The summed E-state index contributed by atoms with van der Waals surface area (Å²) in [6.07, 6.45) is -4.25. The van der Waals surface area contributed by atoms with Gasteiger partial charge in [0.15, 0.2) is 9.84 Å². The SMILES string of the molecule is CCc1c(Cc2ccc(Cl)cc2C(F)(F)F)oc2cc(C(=O)N[C@@H](C(=O)NC)c3ccc(S(=O)(=O)CC)cc3)ccc12. The maximum atomic E-state index is 13.7. The number of benzene rings is 3. The normalized spacial score (nSPS) is 12.7. The quantitative estimate of drug-likeness (QED) is 0.230. The van der Waals surface area contributed by atoms with Crippen LogP contribution in [0, 0.1) is 0 Å². The number of carbonyl (C=O) groups is 2. The Morgan fingerprint density at radius 1 is 1.00 bits per heavy atom. The Labute approximate surface area is 246 Å². The Kier molecular flexibility index (Phi) is 9.03. The number of furan rings is 1. The summed E-state index contributed by atoms with van der Waals surface area (Å²) < 4.78 is 71.3. The molecule has 222 valence electrons. The van der Waals surface area contributed by atoms with Gasteiger partial charge in [-0.3, -0.25) is 9.59 Å². The molecule has 42 heavy (non-hydrogen) atoms. The Balaban J connectivity index is 1.65. The van der Waals surface area contributed by atoms with Crippen LogP contribution in [0.5, 0.6) is 0 Å². The van der Waals surface area contributed by atoms with Crippen LogP contribution in [0.2, 0.25) is 5.02 Å². The van der Waals surface area contributed by atoms with Gasteiger partial charge in [-0.2, -0.15) is 13.2 Å². The van der Waals surface area contributed by atoms with Crippen LogP contribution in [0.25, 0.3) is 11.0 Å². The van der Waals surface area contributed by atoms with Crippen molar-refractivity contribution in [1.82, 2.24) is 10.6 Å². The van der Waals surface area contributed by atoms with E-state index in [-0.39, 0.29) is 33.2 Å². The lowest BCUT2D eigenvalue weighted by Gasteiger charge is -2.18. The fraction of sp³-hybridized carbons (Fsp3) is 0.267. The fourth-order valence-electron chi connectivity index (χ4n) is 4.71.